The molecule has 2 aliphatic rings. The Morgan fingerprint density at radius 1 is 1.07 bits per heavy atom. The molecule has 3 aromatic rings. The number of carbonyl (C=O) groups is 2. The van der Waals surface area contributed by atoms with Crippen molar-refractivity contribution in [3.05, 3.63) is 65.9 Å². The van der Waals surface area contributed by atoms with Crippen molar-refractivity contribution in [3.8, 4) is 28.1 Å². The van der Waals surface area contributed by atoms with E-state index < -0.39 is 12.5 Å². The number of carbonyl (C=O) groups excluding carboxylic acids is 1. The Morgan fingerprint density at radius 2 is 1.81 bits per heavy atom. The lowest BCUT2D eigenvalue weighted by Crippen LogP contribution is -2.43. The number of fused-ring (bicyclic) bond motifs is 1. The van der Waals surface area contributed by atoms with Gasteiger partial charge in [-0.25, -0.2) is 4.79 Å². The fourth-order valence-electron chi connectivity index (χ4n) is 5.64. The monoisotopic (exact) mass is 585 g/mol. The number of likely N-dealkylation sites (N-methyl/N-ethyl adjacent to an activating group) is 1. The number of benzene rings is 2. The maximum atomic E-state index is 13.0. The molecule has 0 aliphatic carbocycles. The maximum absolute atomic E-state index is 13.0. The Kier molecular flexibility index (Phi) is 8.74. The van der Waals surface area contributed by atoms with Gasteiger partial charge in [-0.2, -0.15) is 0 Å². The topological polar surface area (TPSA) is 99.1 Å². The Balaban J connectivity index is 1.52. The van der Waals surface area contributed by atoms with Gasteiger partial charge in [-0.15, -0.1) is 13.2 Å². The number of carboxylic acid groups (broad SMARTS) is 1. The zero-order valence-corrected chi connectivity index (χ0v) is 23.3. The van der Waals surface area contributed by atoms with Crippen molar-refractivity contribution < 1.29 is 32.6 Å². The zero-order valence-electron chi connectivity index (χ0n) is 23.3. The van der Waals surface area contributed by atoms with Crippen LogP contribution in [0.25, 0.3) is 22.4 Å². The molecule has 3 N–H and O–H groups in total. The van der Waals surface area contributed by atoms with Gasteiger partial charge < -0.3 is 29.9 Å². The van der Waals surface area contributed by atoms with E-state index >= 15 is 0 Å². The summed E-state index contributed by atoms with van der Waals surface area (Å²) in [5.74, 6) is -0.629. The molecule has 0 bridgehead atoms. The van der Waals surface area contributed by atoms with Gasteiger partial charge in [-0.1, -0.05) is 36.4 Å². The lowest BCUT2D eigenvalue weighted by atomic mass is 9.99. The van der Waals surface area contributed by atoms with E-state index in [0.717, 1.165) is 43.9 Å². The van der Waals surface area contributed by atoms with Crippen LogP contribution in [0.2, 0.25) is 0 Å². The molecule has 9 nitrogen and oxygen atoms in total. The molecule has 1 aromatic heterocycles. The number of ether oxygens (including phenoxy) is 1. The number of alkyl halides is 3. The van der Waals surface area contributed by atoms with Crippen LogP contribution in [-0.4, -0.2) is 84.2 Å². The highest BCUT2D eigenvalue weighted by atomic mass is 19.4. The summed E-state index contributed by atoms with van der Waals surface area (Å²) in [4.78, 5) is 28.6. The van der Waals surface area contributed by atoms with E-state index in [0.29, 0.717) is 41.9 Å². The third-order valence-electron chi connectivity index (χ3n) is 7.73. The summed E-state index contributed by atoms with van der Waals surface area (Å²) >= 11 is 0. The molecular formula is C30H34F3N5O4. The number of hydrogen-bond acceptors (Lipinski definition) is 5. The molecule has 2 aliphatic heterocycles. The second-order valence-corrected chi connectivity index (χ2v) is 10.8. The standard InChI is InChI=1S/C30H34F3N5O4/c1-36-12-14-37(15-13-36)19-20-7-9-21(10-8-20)27-25(22-4-2-6-24(16-22)42-30(31,32)33)17-26-28(39)35-18-23(38(26)27)5-3-11-34-29(40)41/h2,4,6-10,16-17,23,34H,3,5,11-15,18-19H2,1H3,(H,35,39)(H,40,41)/t23-/m0/s1. The average Bonchev–Trinajstić information content (AvgIpc) is 3.35. The Hall–Kier alpha value is -4.03. The summed E-state index contributed by atoms with van der Waals surface area (Å²) < 4.78 is 45.1. The third-order valence-corrected chi connectivity index (χ3v) is 7.73. The van der Waals surface area contributed by atoms with E-state index in [9.17, 15) is 22.8 Å². The van der Waals surface area contributed by atoms with Gasteiger partial charge in [-0.05, 0) is 54.8 Å². The number of piperazine rings is 1. The van der Waals surface area contributed by atoms with Crippen LogP contribution in [0.4, 0.5) is 18.0 Å². The van der Waals surface area contributed by atoms with E-state index in [1.807, 2.05) is 16.7 Å². The summed E-state index contributed by atoms with van der Waals surface area (Å²) in [6, 6.07) is 15.4. The highest BCUT2D eigenvalue weighted by Gasteiger charge is 2.33. The van der Waals surface area contributed by atoms with Gasteiger partial charge in [0.2, 0.25) is 0 Å². The van der Waals surface area contributed by atoms with Crippen LogP contribution in [0.5, 0.6) is 5.75 Å². The van der Waals surface area contributed by atoms with Gasteiger partial charge in [0.25, 0.3) is 5.91 Å². The van der Waals surface area contributed by atoms with Gasteiger partial charge in [0.15, 0.2) is 0 Å². The van der Waals surface area contributed by atoms with Crippen LogP contribution < -0.4 is 15.4 Å². The SMILES string of the molecule is CN1CCN(Cc2ccc(-c3c(-c4cccc(OC(F)(F)F)c4)cc4n3[C@@H](CCCNC(=O)O)CNC4=O)cc2)CC1. The summed E-state index contributed by atoms with van der Waals surface area (Å²) in [5, 5.41) is 14.2. The first kappa shape index (κ1) is 29.5. The molecule has 42 heavy (non-hydrogen) atoms. The number of amides is 2. The summed E-state index contributed by atoms with van der Waals surface area (Å²) in [5.41, 5.74) is 4.16. The smallest absolute Gasteiger partial charge is 0.465 e. The van der Waals surface area contributed by atoms with E-state index in [-0.39, 0.29) is 24.2 Å². The van der Waals surface area contributed by atoms with Crippen molar-refractivity contribution in [1.29, 1.82) is 0 Å². The minimum absolute atomic E-state index is 0.184. The van der Waals surface area contributed by atoms with E-state index in [2.05, 4.69) is 44.4 Å². The number of rotatable bonds is 9. The molecule has 224 valence electrons. The molecule has 2 aromatic carbocycles. The summed E-state index contributed by atoms with van der Waals surface area (Å²) in [6.45, 7) is 5.42. The predicted octanol–water partition coefficient (Wildman–Crippen LogP) is 4.80. The second-order valence-electron chi connectivity index (χ2n) is 10.8. The zero-order chi connectivity index (χ0) is 29.9. The van der Waals surface area contributed by atoms with E-state index in [1.165, 1.54) is 18.2 Å². The van der Waals surface area contributed by atoms with Crippen LogP contribution in [0.1, 0.15) is 34.9 Å². The van der Waals surface area contributed by atoms with Crippen molar-refractivity contribution in [2.75, 3.05) is 46.3 Å². The second kappa shape index (κ2) is 12.5. The van der Waals surface area contributed by atoms with Crippen molar-refractivity contribution in [2.24, 2.45) is 0 Å². The fraction of sp³-hybridized carbons (Fsp3) is 0.400. The third kappa shape index (κ3) is 7.05. The van der Waals surface area contributed by atoms with Crippen molar-refractivity contribution in [2.45, 2.75) is 31.8 Å². The highest BCUT2D eigenvalue weighted by Crippen LogP contribution is 2.41. The minimum Gasteiger partial charge on any atom is -0.465 e. The number of nitrogens with one attached hydrogen (secondary N) is 2. The van der Waals surface area contributed by atoms with Crippen molar-refractivity contribution in [1.82, 2.24) is 25.0 Å². The molecule has 0 saturated carbocycles. The quantitative estimate of drug-likeness (QED) is 0.312. The number of halogens is 3. The molecule has 3 heterocycles. The van der Waals surface area contributed by atoms with Gasteiger partial charge in [-0.3, -0.25) is 9.69 Å². The van der Waals surface area contributed by atoms with E-state index in [4.69, 9.17) is 5.11 Å². The van der Waals surface area contributed by atoms with Crippen LogP contribution in [0, 0.1) is 0 Å². The molecule has 1 atom stereocenters. The fourth-order valence-corrected chi connectivity index (χ4v) is 5.64. The highest BCUT2D eigenvalue weighted by molar-refractivity contribution is 5.98. The molecular weight excluding hydrogens is 551 g/mol. The Labute approximate surface area is 241 Å². The largest absolute Gasteiger partial charge is 0.573 e. The summed E-state index contributed by atoms with van der Waals surface area (Å²) in [7, 11) is 2.11. The van der Waals surface area contributed by atoms with Gasteiger partial charge >= 0.3 is 12.5 Å². The van der Waals surface area contributed by atoms with E-state index in [1.54, 1.807) is 12.1 Å². The molecule has 12 heteroatoms. The van der Waals surface area contributed by atoms with Crippen molar-refractivity contribution >= 4 is 12.0 Å². The number of hydrogen-bond donors (Lipinski definition) is 3. The molecule has 1 fully saturated rings. The molecule has 2 amide bonds. The molecule has 0 spiro atoms. The average molecular weight is 586 g/mol. The first-order valence-electron chi connectivity index (χ1n) is 13.9. The van der Waals surface area contributed by atoms with Gasteiger partial charge in [0.1, 0.15) is 11.4 Å². The van der Waals surface area contributed by atoms with Crippen LogP contribution in [0.3, 0.4) is 0 Å². The number of nitrogens with zero attached hydrogens (tertiary/aromatic N) is 3. The molecule has 1 saturated heterocycles. The number of aromatic nitrogens is 1. The normalized spacial score (nSPS) is 17.9. The minimum atomic E-state index is -4.84. The first-order chi connectivity index (χ1) is 20.1. The Morgan fingerprint density at radius 3 is 2.50 bits per heavy atom. The van der Waals surface area contributed by atoms with Crippen LogP contribution in [-0.2, 0) is 6.54 Å². The van der Waals surface area contributed by atoms with Crippen LogP contribution >= 0.6 is 0 Å². The molecule has 0 radical (unpaired) electrons. The van der Waals surface area contributed by atoms with Gasteiger partial charge in [0, 0.05) is 51.4 Å². The Bertz CT molecular complexity index is 1420. The predicted molar refractivity (Wildman–Crippen MR) is 151 cm³/mol. The van der Waals surface area contributed by atoms with Crippen LogP contribution in [0.15, 0.2) is 54.6 Å². The molecule has 0 unspecified atom stereocenters. The summed E-state index contributed by atoms with van der Waals surface area (Å²) in [6.07, 6.45) is -4.82. The molecule has 5 rings (SSSR count). The first-order valence-corrected chi connectivity index (χ1v) is 13.9. The van der Waals surface area contributed by atoms with Gasteiger partial charge in [0.05, 0.1) is 11.7 Å². The lowest BCUT2D eigenvalue weighted by molar-refractivity contribution is -0.274. The lowest BCUT2D eigenvalue weighted by Gasteiger charge is -2.32. The van der Waals surface area contributed by atoms with Crippen molar-refractivity contribution in [3.63, 3.8) is 0 Å². The maximum Gasteiger partial charge on any atom is 0.573 e.